The fraction of sp³-hybridized carbons (Fsp3) is 0.250. The molecule has 0 atom stereocenters. The maximum Gasteiger partial charge on any atom is -0.00224 e. The second-order valence-corrected chi connectivity index (χ2v) is 2.75. The van der Waals surface area contributed by atoms with E-state index < -0.39 is 0 Å². The van der Waals surface area contributed by atoms with Crippen molar-refractivity contribution < 1.29 is 0 Å². The molecule has 1 aromatic carbocycles. The first-order chi connectivity index (χ1) is 5.84. The molecule has 0 amide bonds. The Hall–Kier alpha value is -1.26. The van der Waals surface area contributed by atoms with Gasteiger partial charge in [0.25, 0.3) is 0 Å². The molecule has 0 saturated heterocycles. The molecule has 0 radical (unpaired) electrons. The first-order valence-corrected chi connectivity index (χ1v) is 4.31. The van der Waals surface area contributed by atoms with Gasteiger partial charge in [-0.1, -0.05) is 37.3 Å². The van der Waals surface area contributed by atoms with Crippen LogP contribution in [-0.2, 0) is 0 Å². The highest BCUT2D eigenvalue weighted by Crippen LogP contribution is 2.10. The lowest BCUT2D eigenvalue weighted by atomic mass is 10.1. The van der Waals surface area contributed by atoms with Gasteiger partial charge in [0.05, 0.1) is 0 Å². The summed E-state index contributed by atoms with van der Waals surface area (Å²) >= 11 is 0. The van der Waals surface area contributed by atoms with Crippen LogP contribution in [0.1, 0.15) is 25.8 Å². The van der Waals surface area contributed by atoms with Gasteiger partial charge in [0.1, 0.15) is 0 Å². The van der Waals surface area contributed by atoms with Crippen LogP contribution in [0.15, 0.2) is 42.1 Å². The van der Waals surface area contributed by atoms with Crippen LogP contribution in [0.4, 0.5) is 0 Å². The normalized spacial score (nSPS) is 8.83. The summed E-state index contributed by atoms with van der Waals surface area (Å²) in [5.74, 6) is 0. The van der Waals surface area contributed by atoms with Crippen LogP contribution in [0, 0.1) is 0 Å². The Bertz CT molecular complexity index is 287. The van der Waals surface area contributed by atoms with Crippen LogP contribution in [0.2, 0.25) is 0 Å². The second-order valence-electron chi connectivity index (χ2n) is 2.75. The molecular weight excluding hydrogens is 144 g/mol. The smallest absolute Gasteiger partial charge is 0.00224 e. The van der Waals surface area contributed by atoms with Gasteiger partial charge in [0.2, 0.25) is 0 Å². The zero-order valence-corrected chi connectivity index (χ0v) is 7.67. The third-order valence-electron chi connectivity index (χ3n) is 1.73. The fourth-order valence-electron chi connectivity index (χ4n) is 1.03. The van der Waals surface area contributed by atoms with Gasteiger partial charge in [-0.3, -0.25) is 0 Å². The third-order valence-corrected chi connectivity index (χ3v) is 1.73. The van der Waals surface area contributed by atoms with Gasteiger partial charge in [-0.15, -0.1) is 5.73 Å². The molecule has 0 heteroatoms. The predicted octanol–water partition coefficient (Wildman–Crippen LogP) is 3.66. The summed E-state index contributed by atoms with van der Waals surface area (Å²) in [4.78, 5) is 0. The molecule has 0 saturated carbocycles. The summed E-state index contributed by atoms with van der Waals surface area (Å²) < 4.78 is 0. The van der Waals surface area contributed by atoms with E-state index in [1.807, 2.05) is 18.2 Å². The Labute approximate surface area is 74.2 Å². The largest absolute Gasteiger partial charge is 0.121 e. The van der Waals surface area contributed by atoms with Crippen molar-refractivity contribution in [3.05, 3.63) is 47.7 Å². The van der Waals surface area contributed by atoms with E-state index in [9.17, 15) is 0 Å². The number of hydrogen-bond acceptors (Lipinski definition) is 0. The highest BCUT2D eigenvalue weighted by atomic mass is 13.9. The molecule has 0 unspecified atom stereocenters. The molecule has 0 aliphatic carbocycles. The summed E-state index contributed by atoms with van der Waals surface area (Å²) in [5, 5.41) is 0. The highest BCUT2D eigenvalue weighted by Gasteiger charge is 1.89. The number of benzene rings is 1. The Morgan fingerprint density at radius 2 is 2.00 bits per heavy atom. The maximum atomic E-state index is 3.24. The zero-order chi connectivity index (χ0) is 8.81. The topological polar surface area (TPSA) is 0 Å². The van der Waals surface area contributed by atoms with E-state index in [-0.39, 0.29) is 0 Å². The predicted molar refractivity (Wildman–Crippen MR) is 53.9 cm³/mol. The van der Waals surface area contributed by atoms with Crippen molar-refractivity contribution in [2.75, 3.05) is 0 Å². The first-order valence-electron chi connectivity index (χ1n) is 4.31. The lowest BCUT2D eigenvalue weighted by molar-refractivity contribution is 1.23. The van der Waals surface area contributed by atoms with E-state index in [0.29, 0.717) is 0 Å². The van der Waals surface area contributed by atoms with Gasteiger partial charge in [-0.25, -0.2) is 0 Å². The molecule has 1 rings (SSSR count). The maximum absolute atomic E-state index is 3.24. The standard InChI is InChI=1S/C12H14/c1-3-4-8-11(2)12-9-6-5-7-10-12/h4-7,9-10H,3H2,1-2H3. The van der Waals surface area contributed by atoms with E-state index in [1.54, 1.807) is 0 Å². The van der Waals surface area contributed by atoms with Crippen molar-refractivity contribution in [2.24, 2.45) is 0 Å². The third kappa shape index (κ3) is 2.41. The van der Waals surface area contributed by atoms with Gasteiger partial charge in [0, 0.05) is 0 Å². The minimum atomic E-state index is 1.05. The minimum Gasteiger partial charge on any atom is -0.121 e. The number of hydrogen-bond donors (Lipinski definition) is 0. The van der Waals surface area contributed by atoms with Crippen molar-refractivity contribution >= 4 is 5.57 Å². The second kappa shape index (κ2) is 4.58. The molecule has 0 heterocycles. The van der Waals surface area contributed by atoms with Crippen molar-refractivity contribution in [1.29, 1.82) is 0 Å². The van der Waals surface area contributed by atoms with Crippen LogP contribution >= 0.6 is 0 Å². The lowest BCUT2D eigenvalue weighted by Gasteiger charge is -1.95. The van der Waals surface area contributed by atoms with Crippen molar-refractivity contribution in [3.8, 4) is 0 Å². The van der Waals surface area contributed by atoms with Crippen LogP contribution in [0.25, 0.3) is 5.57 Å². The molecule has 0 aliphatic rings. The molecule has 0 N–H and O–H groups in total. The molecule has 0 nitrogen and oxygen atoms in total. The Morgan fingerprint density at radius 1 is 1.33 bits per heavy atom. The average molecular weight is 158 g/mol. The SMILES string of the molecule is CCC=C=C(C)c1ccccc1. The molecular formula is C12H14. The Kier molecular flexibility index (Phi) is 3.37. The molecule has 12 heavy (non-hydrogen) atoms. The lowest BCUT2D eigenvalue weighted by Crippen LogP contribution is -1.74. The van der Waals surface area contributed by atoms with E-state index >= 15 is 0 Å². The van der Waals surface area contributed by atoms with Gasteiger partial charge >= 0.3 is 0 Å². The van der Waals surface area contributed by atoms with Crippen molar-refractivity contribution in [1.82, 2.24) is 0 Å². The molecule has 0 aliphatic heterocycles. The quantitative estimate of drug-likeness (QED) is 0.576. The van der Waals surface area contributed by atoms with Gasteiger partial charge in [-0.05, 0) is 30.6 Å². The zero-order valence-electron chi connectivity index (χ0n) is 7.67. The average Bonchev–Trinajstić information content (AvgIpc) is 2.15. The van der Waals surface area contributed by atoms with Crippen LogP contribution in [0.5, 0.6) is 0 Å². The van der Waals surface area contributed by atoms with Crippen LogP contribution in [-0.4, -0.2) is 0 Å². The van der Waals surface area contributed by atoms with Crippen LogP contribution in [0.3, 0.4) is 0 Å². The molecule has 0 fully saturated rings. The van der Waals surface area contributed by atoms with Gasteiger partial charge < -0.3 is 0 Å². The number of allylic oxidation sites excluding steroid dienone is 1. The highest BCUT2D eigenvalue weighted by molar-refractivity contribution is 5.62. The number of rotatable bonds is 2. The summed E-state index contributed by atoms with van der Waals surface area (Å²) in [5.41, 5.74) is 5.70. The fourth-order valence-corrected chi connectivity index (χ4v) is 1.03. The minimum absolute atomic E-state index is 1.05. The summed E-state index contributed by atoms with van der Waals surface area (Å²) in [6.45, 7) is 4.20. The van der Waals surface area contributed by atoms with E-state index in [0.717, 1.165) is 6.42 Å². The molecule has 0 spiro atoms. The monoisotopic (exact) mass is 158 g/mol. The molecule has 0 bridgehead atoms. The Morgan fingerprint density at radius 3 is 2.58 bits per heavy atom. The van der Waals surface area contributed by atoms with E-state index in [4.69, 9.17) is 0 Å². The van der Waals surface area contributed by atoms with Crippen molar-refractivity contribution in [2.45, 2.75) is 20.3 Å². The first kappa shape index (κ1) is 8.83. The molecule has 0 aromatic heterocycles. The summed E-state index contributed by atoms with van der Waals surface area (Å²) in [6, 6.07) is 10.3. The summed E-state index contributed by atoms with van der Waals surface area (Å²) in [7, 11) is 0. The Balaban J connectivity index is 2.93. The molecule has 62 valence electrons. The van der Waals surface area contributed by atoms with Crippen LogP contribution < -0.4 is 0 Å². The van der Waals surface area contributed by atoms with Gasteiger partial charge in [-0.2, -0.15) is 0 Å². The van der Waals surface area contributed by atoms with E-state index in [1.165, 1.54) is 11.1 Å². The molecule has 1 aromatic rings. The van der Waals surface area contributed by atoms with Crippen molar-refractivity contribution in [3.63, 3.8) is 0 Å². The summed E-state index contributed by atoms with van der Waals surface area (Å²) in [6.07, 6.45) is 3.10. The van der Waals surface area contributed by atoms with Gasteiger partial charge in [0.15, 0.2) is 0 Å². The van der Waals surface area contributed by atoms with E-state index in [2.05, 4.69) is 37.8 Å².